The lowest BCUT2D eigenvalue weighted by atomic mass is 9.69. The lowest BCUT2D eigenvalue weighted by Crippen LogP contribution is -2.44. The molecule has 0 radical (unpaired) electrons. The first kappa shape index (κ1) is 17.3. The SMILES string of the molecule is CC(C)C(CI)NC(=O)C1CCC(C(C)(C)C)CC1. The summed E-state index contributed by atoms with van der Waals surface area (Å²) in [6.45, 7) is 11.3. The molecule has 1 amide bonds. The fourth-order valence-electron chi connectivity index (χ4n) is 2.91. The fraction of sp³-hybridized carbons (Fsp3) is 0.938. The molecule has 0 spiro atoms. The molecule has 0 saturated heterocycles. The van der Waals surface area contributed by atoms with Gasteiger partial charge in [0, 0.05) is 16.4 Å². The average Bonchev–Trinajstić information content (AvgIpc) is 2.34. The van der Waals surface area contributed by atoms with Crippen molar-refractivity contribution in [2.45, 2.75) is 66.3 Å². The number of rotatable bonds is 4. The van der Waals surface area contributed by atoms with E-state index in [0.29, 0.717) is 23.3 Å². The molecule has 0 heterocycles. The van der Waals surface area contributed by atoms with Gasteiger partial charge in [0.1, 0.15) is 0 Å². The molecule has 1 saturated carbocycles. The number of hydrogen-bond donors (Lipinski definition) is 1. The van der Waals surface area contributed by atoms with Gasteiger partial charge in [-0.05, 0) is 42.9 Å². The number of carbonyl (C=O) groups excluding carboxylic acids is 1. The van der Waals surface area contributed by atoms with E-state index in [4.69, 9.17) is 0 Å². The molecule has 0 aromatic heterocycles. The minimum atomic E-state index is 0.253. The van der Waals surface area contributed by atoms with Crippen molar-refractivity contribution < 1.29 is 4.79 Å². The largest absolute Gasteiger partial charge is 0.352 e. The predicted octanol–water partition coefficient (Wildman–Crippen LogP) is 4.41. The number of halogens is 1. The maximum absolute atomic E-state index is 12.3. The van der Waals surface area contributed by atoms with E-state index in [0.717, 1.165) is 23.2 Å². The Bertz CT molecular complexity index is 288. The van der Waals surface area contributed by atoms with Gasteiger partial charge in [0.2, 0.25) is 5.91 Å². The van der Waals surface area contributed by atoms with Gasteiger partial charge in [-0.25, -0.2) is 0 Å². The molecular weight excluding hydrogens is 349 g/mol. The van der Waals surface area contributed by atoms with Crippen LogP contribution in [0.3, 0.4) is 0 Å². The molecule has 1 aliphatic rings. The zero-order valence-electron chi connectivity index (χ0n) is 13.1. The van der Waals surface area contributed by atoms with Crippen LogP contribution in [0.4, 0.5) is 0 Å². The highest BCUT2D eigenvalue weighted by Gasteiger charge is 2.32. The Kier molecular flexibility index (Phi) is 6.61. The summed E-state index contributed by atoms with van der Waals surface area (Å²) >= 11 is 2.37. The van der Waals surface area contributed by atoms with Gasteiger partial charge in [-0.15, -0.1) is 0 Å². The van der Waals surface area contributed by atoms with Crippen LogP contribution in [-0.4, -0.2) is 16.4 Å². The van der Waals surface area contributed by atoms with E-state index in [1.165, 1.54) is 12.8 Å². The van der Waals surface area contributed by atoms with Crippen LogP contribution in [0.2, 0.25) is 0 Å². The highest BCUT2D eigenvalue weighted by molar-refractivity contribution is 14.1. The maximum atomic E-state index is 12.3. The first-order chi connectivity index (χ1) is 8.75. The molecule has 1 unspecified atom stereocenters. The molecule has 0 bridgehead atoms. The Morgan fingerprint density at radius 3 is 2.11 bits per heavy atom. The second kappa shape index (κ2) is 7.28. The third-order valence-electron chi connectivity index (χ3n) is 4.62. The number of nitrogens with one attached hydrogen (secondary N) is 1. The van der Waals surface area contributed by atoms with Gasteiger partial charge >= 0.3 is 0 Å². The van der Waals surface area contributed by atoms with Gasteiger partial charge in [0.05, 0.1) is 0 Å². The first-order valence-electron chi connectivity index (χ1n) is 7.62. The highest BCUT2D eigenvalue weighted by atomic mass is 127. The Morgan fingerprint density at radius 1 is 1.21 bits per heavy atom. The molecule has 0 aromatic rings. The molecule has 19 heavy (non-hydrogen) atoms. The fourth-order valence-corrected chi connectivity index (χ4v) is 4.14. The molecule has 1 rings (SSSR count). The quantitative estimate of drug-likeness (QED) is 0.569. The predicted molar refractivity (Wildman–Crippen MR) is 90.6 cm³/mol. The number of hydrogen-bond acceptors (Lipinski definition) is 1. The van der Waals surface area contributed by atoms with Gasteiger partial charge < -0.3 is 5.32 Å². The molecule has 1 N–H and O–H groups in total. The van der Waals surface area contributed by atoms with Crippen molar-refractivity contribution in [3.8, 4) is 0 Å². The molecule has 1 fully saturated rings. The molecule has 112 valence electrons. The molecule has 1 atom stereocenters. The van der Waals surface area contributed by atoms with Gasteiger partial charge in [-0.2, -0.15) is 0 Å². The van der Waals surface area contributed by atoms with E-state index in [-0.39, 0.29) is 5.92 Å². The Labute approximate surface area is 132 Å². The molecular formula is C16H30INO. The zero-order chi connectivity index (χ0) is 14.6. The second-order valence-electron chi connectivity index (χ2n) is 7.43. The van der Waals surface area contributed by atoms with Crippen molar-refractivity contribution in [1.82, 2.24) is 5.32 Å². The van der Waals surface area contributed by atoms with E-state index in [1.54, 1.807) is 0 Å². The van der Waals surface area contributed by atoms with Crippen molar-refractivity contribution in [2.24, 2.45) is 23.2 Å². The van der Waals surface area contributed by atoms with Crippen molar-refractivity contribution in [2.75, 3.05) is 4.43 Å². The normalized spacial score (nSPS) is 26.3. The number of alkyl halides is 1. The van der Waals surface area contributed by atoms with Crippen LogP contribution in [0.5, 0.6) is 0 Å². The van der Waals surface area contributed by atoms with Crippen LogP contribution in [-0.2, 0) is 4.79 Å². The molecule has 1 aliphatic carbocycles. The van der Waals surface area contributed by atoms with Crippen LogP contribution >= 0.6 is 22.6 Å². The van der Waals surface area contributed by atoms with E-state index >= 15 is 0 Å². The summed E-state index contributed by atoms with van der Waals surface area (Å²) in [5.74, 6) is 1.85. The smallest absolute Gasteiger partial charge is 0.223 e. The molecule has 0 aliphatic heterocycles. The Hall–Kier alpha value is 0.200. The summed E-state index contributed by atoms with van der Waals surface area (Å²) in [4.78, 5) is 12.3. The zero-order valence-corrected chi connectivity index (χ0v) is 15.3. The average molecular weight is 379 g/mol. The number of amides is 1. The van der Waals surface area contributed by atoms with Gasteiger partial charge in [-0.1, -0.05) is 57.2 Å². The van der Waals surface area contributed by atoms with Crippen molar-refractivity contribution >= 4 is 28.5 Å². The van der Waals surface area contributed by atoms with Gasteiger partial charge in [-0.3, -0.25) is 4.79 Å². The first-order valence-corrected chi connectivity index (χ1v) is 9.14. The van der Waals surface area contributed by atoms with E-state index in [1.807, 2.05) is 0 Å². The number of carbonyl (C=O) groups is 1. The summed E-state index contributed by atoms with van der Waals surface area (Å²) in [5.41, 5.74) is 0.393. The molecule has 0 aromatic carbocycles. The molecule has 3 heteroatoms. The third kappa shape index (κ3) is 5.24. The van der Waals surface area contributed by atoms with Crippen LogP contribution < -0.4 is 5.32 Å². The van der Waals surface area contributed by atoms with E-state index in [9.17, 15) is 4.79 Å². The van der Waals surface area contributed by atoms with Crippen molar-refractivity contribution in [1.29, 1.82) is 0 Å². The van der Waals surface area contributed by atoms with E-state index in [2.05, 4.69) is 62.5 Å². The second-order valence-corrected chi connectivity index (χ2v) is 8.31. The minimum absolute atomic E-state index is 0.253. The molecule has 2 nitrogen and oxygen atoms in total. The maximum Gasteiger partial charge on any atom is 0.223 e. The van der Waals surface area contributed by atoms with Crippen LogP contribution in [0, 0.1) is 23.2 Å². The third-order valence-corrected chi connectivity index (χ3v) is 5.57. The van der Waals surface area contributed by atoms with Crippen LogP contribution in [0.1, 0.15) is 60.3 Å². The van der Waals surface area contributed by atoms with Crippen LogP contribution in [0.25, 0.3) is 0 Å². The van der Waals surface area contributed by atoms with Gasteiger partial charge in [0.15, 0.2) is 0 Å². The van der Waals surface area contributed by atoms with Crippen molar-refractivity contribution in [3.05, 3.63) is 0 Å². The lowest BCUT2D eigenvalue weighted by molar-refractivity contribution is -0.127. The van der Waals surface area contributed by atoms with Crippen LogP contribution in [0.15, 0.2) is 0 Å². The monoisotopic (exact) mass is 379 g/mol. The summed E-state index contributed by atoms with van der Waals surface area (Å²) in [7, 11) is 0. The Morgan fingerprint density at radius 2 is 1.74 bits per heavy atom. The lowest BCUT2D eigenvalue weighted by Gasteiger charge is -2.37. The topological polar surface area (TPSA) is 29.1 Å². The van der Waals surface area contributed by atoms with Gasteiger partial charge in [0.25, 0.3) is 0 Å². The highest BCUT2D eigenvalue weighted by Crippen LogP contribution is 2.39. The summed E-state index contributed by atoms with van der Waals surface area (Å²) in [5, 5.41) is 3.24. The minimum Gasteiger partial charge on any atom is -0.352 e. The Balaban J connectivity index is 2.45. The van der Waals surface area contributed by atoms with Crippen molar-refractivity contribution in [3.63, 3.8) is 0 Å². The van der Waals surface area contributed by atoms with E-state index < -0.39 is 0 Å². The summed E-state index contributed by atoms with van der Waals surface area (Å²) in [6.07, 6.45) is 4.55. The summed E-state index contributed by atoms with van der Waals surface area (Å²) in [6, 6.07) is 0.327. The summed E-state index contributed by atoms with van der Waals surface area (Å²) < 4.78 is 0.999. The standard InChI is InChI=1S/C16H30INO/c1-11(2)14(10-17)18-15(19)12-6-8-13(9-7-12)16(3,4)5/h11-14H,6-10H2,1-5H3,(H,18,19).